The molecule has 0 saturated heterocycles. The van der Waals surface area contributed by atoms with E-state index in [2.05, 4.69) is 27.9 Å². The Balaban J connectivity index is 2.04. The molecule has 0 unspecified atom stereocenters. The van der Waals surface area contributed by atoms with E-state index in [9.17, 15) is 4.79 Å². The molecular weight excluding hydrogens is 321 g/mol. The second-order valence-corrected chi connectivity index (χ2v) is 5.47. The van der Waals surface area contributed by atoms with Gasteiger partial charge >= 0.3 is 0 Å². The van der Waals surface area contributed by atoms with Gasteiger partial charge in [0.1, 0.15) is 0 Å². The summed E-state index contributed by atoms with van der Waals surface area (Å²) in [6, 6.07) is 3.98. The van der Waals surface area contributed by atoms with Crippen LogP contribution in [0.15, 0.2) is 17.5 Å². The molecule has 0 aliphatic carbocycles. The highest BCUT2D eigenvalue weighted by Crippen LogP contribution is 2.08. The van der Waals surface area contributed by atoms with Crippen molar-refractivity contribution in [2.45, 2.75) is 25.7 Å². The SMILES string of the molecule is O=C(Cc1cccs1)NCCCCCI. The lowest BCUT2D eigenvalue weighted by molar-refractivity contribution is -0.120. The number of rotatable bonds is 7. The van der Waals surface area contributed by atoms with Crippen molar-refractivity contribution in [1.82, 2.24) is 5.32 Å². The van der Waals surface area contributed by atoms with E-state index in [1.54, 1.807) is 11.3 Å². The van der Waals surface area contributed by atoms with Crippen LogP contribution >= 0.6 is 33.9 Å². The van der Waals surface area contributed by atoms with E-state index >= 15 is 0 Å². The summed E-state index contributed by atoms with van der Waals surface area (Å²) in [5, 5.41) is 4.95. The fourth-order valence-electron chi connectivity index (χ4n) is 1.26. The van der Waals surface area contributed by atoms with Gasteiger partial charge in [-0.15, -0.1) is 11.3 Å². The van der Waals surface area contributed by atoms with Gasteiger partial charge in [0.05, 0.1) is 6.42 Å². The molecule has 0 aliphatic rings. The quantitative estimate of drug-likeness (QED) is 0.463. The normalized spacial score (nSPS) is 10.2. The van der Waals surface area contributed by atoms with Crippen LogP contribution in [-0.4, -0.2) is 16.9 Å². The highest BCUT2D eigenvalue weighted by molar-refractivity contribution is 14.1. The average molecular weight is 337 g/mol. The van der Waals surface area contributed by atoms with E-state index in [-0.39, 0.29) is 5.91 Å². The van der Waals surface area contributed by atoms with Gasteiger partial charge in [0.15, 0.2) is 0 Å². The number of carbonyl (C=O) groups excluding carboxylic acids is 1. The third-order valence-corrected chi connectivity index (χ3v) is 3.69. The molecule has 1 rings (SSSR count). The number of thiophene rings is 1. The van der Waals surface area contributed by atoms with Crippen molar-refractivity contribution in [3.8, 4) is 0 Å². The number of alkyl halides is 1. The smallest absolute Gasteiger partial charge is 0.225 e. The third kappa shape index (κ3) is 6.14. The summed E-state index contributed by atoms with van der Waals surface area (Å²) < 4.78 is 1.21. The van der Waals surface area contributed by atoms with Gasteiger partial charge in [-0.1, -0.05) is 35.1 Å². The molecule has 0 atom stereocenters. The first kappa shape index (κ1) is 13.0. The molecule has 4 heteroatoms. The minimum absolute atomic E-state index is 0.145. The van der Waals surface area contributed by atoms with Gasteiger partial charge in [0.2, 0.25) is 5.91 Å². The van der Waals surface area contributed by atoms with Crippen molar-refractivity contribution in [2.24, 2.45) is 0 Å². The average Bonchev–Trinajstić information content (AvgIpc) is 2.70. The summed E-state index contributed by atoms with van der Waals surface area (Å²) in [6.07, 6.45) is 4.09. The van der Waals surface area contributed by atoms with Crippen molar-refractivity contribution in [3.05, 3.63) is 22.4 Å². The van der Waals surface area contributed by atoms with E-state index < -0.39 is 0 Å². The predicted molar refractivity (Wildman–Crippen MR) is 73.8 cm³/mol. The molecular formula is C11H16INOS. The van der Waals surface area contributed by atoms with Gasteiger partial charge in [0, 0.05) is 11.4 Å². The molecule has 1 aromatic heterocycles. The van der Waals surface area contributed by atoms with Crippen LogP contribution in [0, 0.1) is 0 Å². The van der Waals surface area contributed by atoms with Gasteiger partial charge in [-0.3, -0.25) is 4.79 Å². The van der Waals surface area contributed by atoms with E-state index in [1.165, 1.54) is 17.3 Å². The Hall–Kier alpha value is -0.100. The van der Waals surface area contributed by atoms with Crippen LogP contribution in [0.4, 0.5) is 0 Å². The molecule has 0 bridgehead atoms. The molecule has 84 valence electrons. The summed E-state index contributed by atoms with van der Waals surface area (Å²) in [4.78, 5) is 12.6. The summed E-state index contributed by atoms with van der Waals surface area (Å²) in [6.45, 7) is 0.820. The minimum atomic E-state index is 0.145. The lowest BCUT2D eigenvalue weighted by Gasteiger charge is -2.03. The van der Waals surface area contributed by atoms with Crippen molar-refractivity contribution >= 4 is 39.8 Å². The Morgan fingerprint density at radius 3 is 2.93 bits per heavy atom. The molecule has 0 aliphatic heterocycles. The number of nitrogens with one attached hydrogen (secondary N) is 1. The summed E-state index contributed by atoms with van der Waals surface area (Å²) in [5.41, 5.74) is 0. The molecule has 1 heterocycles. The van der Waals surface area contributed by atoms with E-state index in [0.717, 1.165) is 17.8 Å². The second kappa shape index (κ2) is 8.10. The Morgan fingerprint density at radius 1 is 1.40 bits per heavy atom. The van der Waals surface area contributed by atoms with E-state index in [4.69, 9.17) is 0 Å². The van der Waals surface area contributed by atoms with Crippen molar-refractivity contribution < 1.29 is 4.79 Å². The summed E-state index contributed by atoms with van der Waals surface area (Å²) >= 11 is 4.02. The maximum Gasteiger partial charge on any atom is 0.225 e. The van der Waals surface area contributed by atoms with Crippen molar-refractivity contribution in [3.63, 3.8) is 0 Å². The van der Waals surface area contributed by atoms with Gasteiger partial charge in [0.25, 0.3) is 0 Å². The highest BCUT2D eigenvalue weighted by atomic mass is 127. The van der Waals surface area contributed by atoms with E-state index in [1.807, 2.05) is 17.5 Å². The number of halogens is 1. The van der Waals surface area contributed by atoms with Crippen LogP contribution in [0.5, 0.6) is 0 Å². The Kier molecular flexibility index (Phi) is 7.00. The van der Waals surface area contributed by atoms with Gasteiger partial charge in [-0.05, 0) is 28.7 Å². The first-order valence-electron chi connectivity index (χ1n) is 5.18. The standard InChI is InChI=1S/C11H16INOS/c12-6-2-1-3-7-13-11(14)9-10-5-4-8-15-10/h4-5,8H,1-3,6-7,9H2,(H,13,14). The minimum Gasteiger partial charge on any atom is -0.356 e. The highest BCUT2D eigenvalue weighted by Gasteiger charge is 2.02. The zero-order valence-electron chi connectivity index (χ0n) is 8.67. The monoisotopic (exact) mass is 337 g/mol. The van der Waals surface area contributed by atoms with Crippen LogP contribution in [0.25, 0.3) is 0 Å². The molecule has 0 fully saturated rings. The van der Waals surface area contributed by atoms with Gasteiger partial charge < -0.3 is 5.32 Å². The largest absolute Gasteiger partial charge is 0.356 e. The van der Waals surface area contributed by atoms with Crippen LogP contribution in [-0.2, 0) is 11.2 Å². The van der Waals surface area contributed by atoms with Crippen LogP contribution < -0.4 is 5.32 Å². The van der Waals surface area contributed by atoms with Gasteiger partial charge in [-0.25, -0.2) is 0 Å². The fourth-order valence-corrected chi connectivity index (χ4v) is 2.50. The topological polar surface area (TPSA) is 29.1 Å². The lowest BCUT2D eigenvalue weighted by Crippen LogP contribution is -2.25. The molecule has 2 nitrogen and oxygen atoms in total. The molecule has 0 radical (unpaired) electrons. The third-order valence-electron chi connectivity index (χ3n) is 2.05. The maximum atomic E-state index is 11.4. The summed E-state index contributed by atoms with van der Waals surface area (Å²) in [7, 11) is 0. The number of amides is 1. The molecule has 1 aromatic rings. The lowest BCUT2D eigenvalue weighted by atomic mass is 10.2. The fraction of sp³-hybridized carbons (Fsp3) is 0.545. The number of hydrogen-bond acceptors (Lipinski definition) is 2. The first-order chi connectivity index (χ1) is 7.33. The Labute approximate surface area is 109 Å². The first-order valence-corrected chi connectivity index (χ1v) is 7.58. The maximum absolute atomic E-state index is 11.4. The van der Waals surface area contributed by atoms with Crippen LogP contribution in [0.1, 0.15) is 24.1 Å². The molecule has 0 spiro atoms. The number of hydrogen-bond donors (Lipinski definition) is 1. The summed E-state index contributed by atoms with van der Waals surface area (Å²) in [5.74, 6) is 0.145. The number of carbonyl (C=O) groups is 1. The van der Waals surface area contributed by atoms with Crippen LogP contribution in [0.3, 0.4) is 0 Å². The predicted octanol–water partition coefficient (Wildman–Crippen LogP) is 3.01. The van der Waals surface area contributed by atoms with Crippen molar-refractivity contribution in [2.75, 3.05) is 11.0 Å². The molecule has 0 saturated carbocycles. The molecule has 1 amide bonds. The number of unbranched alkanes of at least 4 members (excludes halogenated alkanes) is 2. The molecule has 15 heavy (non-hydrogen) atoms. The molecule has 0 aromatic carbocycles. The molecule has 1 N–H and O–H groups in total. The zero-order valence-corrected chi connectivity index (χ0v) is 11.6. The Morgan fingerprint density at radius 2 is 2.27 bits per heavy atom. The van der Waals surface area contributed by atoms with Crippen LogP contribution in [0.2, 0.25) is 0 Å². The van der Waals surface area contributed by atoms with Gasteiger partial charge in [-0.2, -0.15) is 0 Å². The van der Waals surface area contributed by atoms with E-state index in [0.29, 0.717) is 6.42 Å². The Bertz CT molecular complexity index is 274. The second-order valence-electron chi connectivity index (χ2n) is 3.36. The van der Waals surface area contributed by atoms with Crippen molar-refractivity contribution in [1.29, 1.82) is 0 Å². The zero-order chi connectivity index (χ0) is 10.9.